The summed E-state index contributed by atoms with van der Waals surface area (Å²) in [6.45, 7) is 4.84. The van der Waals surface area contributed by atoms with Gasteiger partial charge in [0, 0.05) is 46.6 Å². The van der Waals surface area contributed by atoms with Gasteiger partial charge in [-0.3, -0.25) is 24.0 Å². The van der Waals surface area contributed by atoms with Crippen LogP contribution in [0, 0.1) is 11.8 Å². The summed E-state index contributed by atoms with van der Waals surface area (Å²) in [4.78, 5) is 68.0. The highest BCUT2D eigenvalue weighted by atomic mass is 16.5. The molecule has 0 aromatic heterocycles. The first-order valence-corrected chi connectivity index (χ1v) is 12.9. The fraction of sp³-hybridized carbons (Fsp3) is 0.281. The van der Waals surface area contributed by atoms with Crippen LogP contribution in [0.1, 0.15) is 92.5 Å². The summed E-state index contributed by atoms with van der Waals surface area (Å²) in [5, 5.41) is 0. The van der Waals surface area contributed by atoms with Crippen LogP contribution in [0.15, 0.2) is 60.7 Å². The van der Waals surface area contributed by atoms with Crippen molar-refractivity contribution < 1.29 is 33.4 Å². The van der Waals surface area contributed by atoms with Gasteiger partial charge in [-0.05, 0) is 24.1 Å². The van der Waals surface area contributed by atoms with Crippen molar-refractivity contribution >= 4 is 29.1 Å². The van der Waals surface area contributed by atoms with E-state index in [4.69, 9.17) is 9.47 Å². The fourth-order valence-electron chi connectivity index (χ4n) is 6.03. The first kappa shape index (κ1) is 26.2. The molecular formula is C32H28O7. The lowest BCUT2D eigenvalue weighted by Crippen LogP contribution is -2.43. The van der Waals surface area contributed by atoms with Gasteiger partial charge in [-0.25, -0.2) is 0 Å². The third-order valence-corrected chi connectivity index (χ3v) is 7.82. The highest BCUT2D eigenvalue weighted by Gasteiger charge is 2.49. The molecule has 0 amide bonds. The molecular weight excluding hydrogens is 496 g/mol. The molecule has 0 fully saturated rings. The fourth-order valence-corrected chi connectivity index (χ4v) is 6.03. The number of esters is 1. The summed E-state index contributed by atoms with van der Waals surface area (Å²) in [6, 6.07) is 17.0. The number of hydrogen-bond acceptors (Lipinski definition) is 7. The van der Waals surface area contributed by atoms with E-state index in [2.05, 4.69) is 0 Å². The van der Waals surface area contributed by atoms with E-state index in [1.807, 2.05) is 37.3 Å². The maximum absolute atomic E-state index is 14.3. The lowest BCUT2D eigenvalue weighted by Gasteiger charge is -2.38. The van der Waals surface area contributed by atoms with Crippen molar-refractivity contribution in [3.63, 3.8) is 0 Å². The number of hydrogen-bond donors (Lipinski definition) is 0. The van der Waals surface area contributed by atoms with Crippen molar-refractivity contribution in [1.82, 2.24) is 0 Å². The van der Waals surface area contributed by atoms with Crippen molar-refractivity contribution in [3.8, 4) is 5.75 Å². The van der Waals surface area contributed by atoms with Gasteiger partial charge < -0.3 is 9.47 Å². The summed E-state index contributed by atoms with van der Waals surface area (Å²) in [6.07, 6.45) is -0.487. The number of rotatable bonds is 6. The van der Waals surface area contributed by atoms with Crippen LogP contribution in [-0.2, 0) is 14.3 Å². The van der Waals surface area contributed by atoms with Gasteiger partial charge in [-0.2, -0.15) is 0 Å². The van der Waals surface area contributed by atoms with Crippen molar-refractivity contribution in [2.75, 3.05) is 7.11 Å². The smallest absolute Gasteiger partial charge is 0.303 e. The molecule has 0 saturated carbocycles. The number of carbonyl (C=O) groups is 5. The zero-order valence-corrected chi connectivity index (χ0v) is 22.1. The predicted molar refractivity (Wildman–Crippen MR) is 142 cm³/mol. The van der Waals surface area contributed by atoms with Gasteiger partial charge in [0.05, 0.1) is 18.6 Å². The van der Waals surface area contributed by atoms with Crippen molar-refractivity contribution in [2.45, 2.75) is 39.2 Å². The molecule has 39 heavy (non-hydrogen) atoms. The van der Waals surface area contributed by atoms with E-state index in [1.165, 1.54) is 26.2 Å². The Morgan fingerprint density at radius 2 is 1.51 bits per heavy atom. The van der Waals surface area contributed by atoms with Gasteiger partial charge in [-0.15, -0.1) is 0 Å². The molecule has 0 spiro atoms. The minimum atomic E-state index is -1.17. The van der Waals surface area contributed by atoms with Crippen molar-refractivity contribution in [1.29, 1.82) is 0 Å². The first-order valence-electron chi connectivity index (χ1n) is 12.9. The van der Waals surface area contributed by atoms with E-state index in [0.717, 1.165) is 5.56 Å². The lowest BCUT2D eigenvalue weighted by molar-refractivity contribution is -0.152. The number of carbonyl (C=O) groups excluding carboxylic acids is 5. The second-order valence-corrected chi connectivity index (χ2v) is 10.00. The Morgan fingerprint density at radius 1 is 0.846 bits per heavy atom. The summed E-state index contributed by atoms with van der Waals surface area (Å²) < 4.78 is 11.0. The number of benzene rings is 3. The van der Waals surface area contributed by atoms with E-state index >= 15 is 0 Å². The second kappa shape index (κ2) is 10.1. The van der Waals surface area contributed by atoms with Gasteiger partial charge in [0.1, 0.15) is 11.9 Å². The number of Topliss-reactive ketones (excluding diaryl/α,β-unsaturated/α-hetero) is 2. The molecule has 0 saturated heterocycles. The highest BCUT2D eigenvalue weighted by Crippen LogP contribution is 2.46. The first-order chi connectivity index (χ1) is 18.7. The summed E-state index contributed by atoms with van der Waals surface area (Å²) in [7, 11) is 1.41. The van der Waals surface area contributed by atoms with Crippen LogP contribution in [0.5, 0.6) is 5.75 Å². The molecule has 0 aliphatic heterocycles. The maximum Gasteiger partial charge on any atom is 0.303 e. The van der Waals surface area contributed by atoms with E-state index in [1.54, 1.807) is 25.1 Å². The average molecular weight is 525 g/mol. The lowest BCUT2D eigenvalue weighted by atomic mass is 9.66. The molecule has 5 rings (SSSR count). The zero-order chi connectivity index (χ0) is 28.0. The van der Waals surface area contributed by atoms with Gasteiger partial charge in [-0.1, -0.05) is 62.4 Å². The minimum absolute atomic E-state index is 0.0232. The Hall–Kier alpha value is -4.39. The molecule has 0 bridgehead atoms. The van der Waals surface area contributed by atoms with E-state index < -0.39 is 47.2 Å². The Morgan fingerprint density at radius 3 is 2.15 bits per heavy atom. The average Bonchev–Trinajstić information content (AvgIpc) is 2.93. The van der Waals surface area contributed by atoms with Gasteiger partial charge in [0.15, 0.2) is 23.1 Å². The Bertz CT molecular complexity index is 1540. The SMILES string of the molecule is CC[C@@H](C(=O)[C@@H]1C(=O)c2c(ccc3c2C(=O)c2cccc(OC)c2C3=O)[C@H](OC(C)=O)[C@@H]1C)c1ccccc1. The van der Waals surface area contributed by atoms with Crippen LogP contribution in [0.2, 0.25) is 0 Å². The molecule has 0 unspecified atom stereocenters. The molecule has 0 heterocycles. The van der Waals surface area contributed by atoms with Crippen molar-refractivity contribution in [2.24, 2.45) is 11.8 Å². The van der Waals surface area contributed by atoms with Gasteiger partial charge in [0.2, 0.25) is 0 Å². The summed E-state index contributed by atoms with van der Waals surface area (Å²) in [5.41, 5.74) is 1.33. The summed E-state index contributed by atoms with van der Waals surface area (Å²) in [5.74, 6) is -4.55. The zero-order valence-electron chi connectivity index (χ0n) is 22.1. The van der Waals surface area contributed by atoms with E-state index in [-0.39, 0.29) is 39.4 Å². The minimum Gasteiger partial charge on any atom is -0.496 e. The van der Waals surface area contributed by atoms with E-state index in [0.29, 0.717) is 12.0 Å². The molecule has 0 N–H and O–H groups in total. The van der Waals surface area contributed by atoms with Crippen LogP contribution >= 0.6 is 0 Å². The molecule has 4 atom stereocenters. The predicted octanol–water partition coefficient (Wildman–Crippen LogP) is 5.29. The molecule has 3 aromatic rings. The largest absolute Gasteiger partial charge is 0.496 e. The summed E-state index contributed by atoms with van der Waals surface area (Å²) >= 11 is 0. The quantitative estimate of drug-likeness (QED) is 0.249. The Kier molecular flexibility index (Phi) is 6.76. The molecule has 7 heteroatoms. The third kappa shape index (κ3) is 4.09. The van der Waals surface area contributed by atoms with Crippen LogP contribution < -0.4 is 4.74 Å². The van der Waals surface area contributed by atoms with Crippen LogP contribution in [-0.4, -0.2) is 36.2 Å². The Labute approximate surface area is 226 Å². The molecule has 3 aromatic carbocycles. The molecule has 2 aliphatic rings. The monoisotopic (exact) mass is 524 g/mol. The van der Waals surface area contributed by atoms with Crippen LogP contribution in [0.25, 0.3) is 0 Å². The van der Waals surface area contributed by atoms with Crippen LogP contribution in [0.3, 0.4) is 0 Å². The van der Waals surface area contributed by atoms with E-state index in [9.17, 15) is 24.0 Å². The number of fused-ring (bicyclic) bond motifs is 4. The number of methoxy groups -OCH3 is 1. The topological polar surface area (TPSA) is 104 Å². The molecule has 0 radical (unpaired) electrons. The standard InChI is InChI=1S/C32H28O7/c1-5-19(18-10-7-6-8-11-18)28(34)24-16(2)32(39-17(3)33)22-15-14-21-26(27(22)31(24)37)30(36)20-12-9-13-23(38-4)25(20)29(21)35/h6-16,19,24,32H,5H2,1-4H3/t16-,19-,24-,32-/m1/s1. The number of ketones is 4. The number of ether oxygens (including phenoxy) is 2. The Balaban J connectivity index is 1.71. The highest BCUT2D eigenvalue weighted by molar-refractivity contribution is 6.33. The van der Waals surface area contributed by atoms with Gasteiger partial charge >= 0.3 is 5.97 Å². The molecule has 198 valence electrons. The molecule has 2 aliphatic carbocycles. The second-order valence-electron chi connectivity index (χ2n) is 10.00. The normalized spacial score (nSPS) is 20.4. The maximum atomic E-state index is 14.3. The molecule has 7 nitrogen and oxygen atoms in total. The van der Waals surface area contributed by atoms with Gasteiger partial charge in [0.25, 0.3) is 0 Å². The van der Waals surface area contributed by atoms with Crippen molar-refractivity contribution in [3.05, 3.63) is 99.6 Å². The van der Waals surface area contributed by atoms with Crippen LogP contribution in [0.4, 0.5) is 0 Å². The third-order valence-electron chi connectivity index (χ3n) is 7.82.